The van der Waals surface area contributed by atoms with Crippen LogP contribution in [0.25, 0.3) is 10.8 Å². The first-order valence-corrected chi connectivity index (χ1v) is 10.1. The zero-order valence-electron chi connectivity index (χ0n) is 13.7. The van der Waals surface area contributed by atoms with E-state index in [0.717, 1.165) is 19.7 Å². The Balaban J connectivity index is 1.61. The van der Waals surface area contributed by atoms with Crippen LogP contribution in [0.2, 0.25) is 0 Å². The number of ether oxygens (including phenoxy) is 1. The second-order valence-corrected chi connectivity index (χ2v) is 8.07. The summed E-state index contributed by atoms with van der Waals surface area (Å²) >= 11 is 10.1. The van der Waals surface area contributed by atoms with Gasteiger partial charge in [0.1, 0.15) is 11.5 Å². The number of fused-ring (bicyclic) bond motifs is 1. The molecule has 27 heavy (non-hydrogen) atoms. The molecule has 8 heteroatoms. The number of carbonyl (C=O) groups excluding carboxylic acids is 1. The van der Waals surface area contributed by atoms with E-state index in [0.29, 0.717) is 15.8 Å². The molecule has 0 bridgehead atoms. The quantitative estimate of drug-likeness (QED) is 0.328. The summed E-state index contributed by atoms with van der Waals surface area (Å²) in [6.45, 7) is -0.192. The molecule has 2 N–H and O–H groups in total. The van der Waals surface area contributed by atoms with Crippen molar-refractivity contribution < 1.29 is 14.6 Å². The number of benzene rings is 3. The summed E-state index contributed by atoms with van der Waals surface area (Å²) in [5, 5.41) is 15.9. The number of aromatic hydroxyl groups is 1. The number of phenolic OH excluding ortho intramolecular Hbond substituents is 1. The third kappa shape index (κ3) is 4.88. The van der Waals surface area contributed by atoms with Crippen LogP contribution in [0.4, 0.5) is 0 Å². The molecule has 3 aromatic carbocycles. The Bertz CT molecular complexity index is 1040. The highest BCUT2D eigenvalue weighted by molar-refractivity contribution is 9.11. The van der Waals surface area contributed by atoms with Crippen molar-refractivity contribution in [1.82, 2.24) is 5.43 Å². The Kier molecular flexibility index (Phi) is 6.51. The van der Waals surface area contributed by atoms with Crippen molar-refractivity contribution in [2.24, 2.45) is 5.10 Å². The van der Waals surface area contributed by atoms with Gasteiger partial charge in [0, 0.05) is 10.0 Å². The van der Waals surface area contributed by atoms with Gasteiger partial charge in [-0.25, -0.2) is 5.43 Å². The molecule has 0 aliphatic heterocycles. The lowest BCUT2D eigenvalue weighted by Crippen LogP contribution is -2.24. The summed E-state index contributed by atoms with van der Waals surface area (Å²) in [6, 6.07) is 15.0. The van der Waals surface area contributed by atoms with Gasteiger partial charge in [-0.3, -0.25) is 4.79 Å². The number of amides is 1. The highest BCUT2D eigenvalue weighted by atomic mass is 79.9. The normalized spacial score (nSPS) is 11.1. The van der Waals surface area contributed by atoms with E-state index in [1.54, 1.807) is 18.2 Å². The van der Waals surface area contributed by atoms with Gasteiger partial charge in [0.15, 0.2) is 6.61 Å². The van der Waals surface area contributed by atoms with Gasteiger partial charge in [0.05, 0.1) is 15.2 Å². The van der Waals surface area contributed by atoms with Crippen molar-refractivity contribution in [2.75, 3.05) is 6.61 Å². The van der Waals surface area contributed by atoms with E-state index in [9.17, 15) is 9.90 Å². The van der Waals surface area contributed by atoms with E-state index in [1.807, 2.05) is 30.3 Å². The van der Waals surface area contributed by atoms with Gasteiger partial charge in [-0.2, -0.15) is 5.10 Å². The lowest BCUT2D eigenvalue weighted by atomic mass is 10.1. The molecule has 3 aromatic rings. The molecule has 0 unspecified atom stereocenters. The Morgan fingerprint density at radius 2 is 1.93 bits per heavy atom. The number of hydrazone groups is 1. The minimum Gasteiger partial charge on any atom is -0.506 e. The maximum Gasteiger partial charge on any atom is 0.277 e. The van der Waals surface area contributed by atoms with E-state index in [4.69, 9.17) is 4.74 Å². The molecule has 0 fully saturated rings. The third-order valence-electron chi connectivity index (χ3n) is 3.64. The second kappa shape index (κ2) is 8.86. The molecular weight excluding hydrogens is 544 g/mol. The van der Waals surface area contributed by atoms with Crippen LogP contribution < -0.4 is 10.2 Å². The van der Waals surface area contributed by atoms with E-state index < -0.39 is 5.91 Å². The molecule has 5 nitrogen and oxygen atoms in total. The predicted molar refractivity (Wildman–Crippen MR) is 116 cm³/mol. The molecule has 0 aliphatic carbocycles. The van der Waals surface area contributed by atoms with Gasteiger partial charge in [-0.1, -0.05) is 46.3 Å². The molecule has 0 atom stereocenters. The maximum atomic E-state index is 12.0. The average molecular weight is 557 g/mol. The van der Waals surface area contributed by atoms with E-state index in [2.05, 4.69) is 58.3 Å². The molecule has 0 spiro atoms. The number of hydrogen-bond acceptors (Lipinski definition) is 4. The van der Waals surface area contributed by atoms with Gasteiger partial charge in [-0.15, -0.1) is 0 Å². The molecular formula is C19H13Br3N2O3. The van der Waals surface area contributed by atoms with Crippen molar-refractivity contribution in [1.29, 1.82) is 0 Å². The standard InChI is InChI=1S/C19H13Br3N2O3/c20-13-7-12(19(26)15(21)8-13)9-23-24-17(25)10-27-16-6-5-11-3-1-2-4-14(11)18(16)22/h1-9,26H,10H2,(H,24,25)/b23-9-. The largest absolute Gasteiger partial charge is 0.506 e. The Hall–Kier alpha value is -1.90. The highest BCUT2D eigenvalue weighted by Crippen LogP contribution is 2.33. The molecule has 0 heterocycles. The fourth-order valence-electron chi connectivity index (χ4n) is 2.36. The molecule has 0 aromatic heterocycles. The fourth-order valence-corrected chi connectivity index (χ4v) is 4.22. The van der Waals surface area contributed by atoms with Crippen LogP contribution in [0, 0.1) is 0 Å². The third-order valence-corrected chi connectivity index (χ3v) is 5.52. The summed E-state index contributed by atoms with van der Waals surface area (Å²) < 4.78 is 7.66. The minimum absolute atomic E-state index is 0.0348. The van der Waals surface area contributed by atoms with Crippen LogP contribution in [-0.4, -0.2) is 23.8 Å². The molecule has 0 aliphatic rings. The van der Waals surface area contributed by atoms with Crippen molar-refractivity contribution in [3.05, 3.63) is 67.5 Å². The first-order chi connectivity index (χ1) is 13.0. The van der Waals surface area contributed by atoms with Gasteiger partial charge in [-0.05, 0) is 60.8 Å². The molecule has 0 radical (unpaired) electrons. The first-order valence-electron chi connectivity index (χ1n) is 7.75. The van der Waals surface area contributed by atoms with Crippen LogP contribution in [0.1, 0.15) is 5.56 Å². The number of halogens is 3. The molecule has 138 valence electrons. The minimum atomic E-state index is -0.417. The maximum absolute atomic E-state index is 12.0. The Labute approximate surface area is 180 Å². The van der Waals surface area contributed by atoms with E-state index >= 15 is 0 Å². The number of phenols is 1. The van der Waals surface area contributed by atoms with Gasteiger partial charge in [0.2, 0.25) is 0 Å². The summed E-state index contributed by atoms with van der Waals surface area (Å²) in [6.07, 6.45) is 1.36. The molecule has 3 rings (SSSR count). The van der Waals surface area contributed by atoms with Crippen LogP contribution in [0.5, 0.6) is 11.5 Å². The van der Waals surface area contributed by atoms with Crippen LogP contribution in [0.3, 0.4) is 0 Å². The number of carbonyl (C=O) groups is 1. The highest BCUT2D eigenvalue weighted by Gasteiger charge is 2.09. The van der Waals surface area contributed by atoms with Crippen LogP contribution in [0.15, 0.2) is 67.1 Å². The number of rotatable bonds is 5. The Morgan fingerprint density at radius 3 is 2.74 bits per heavy atom. The van der Waals surface area contributed by atoms with E-state index in [-0.39, 0.29) is 12.4 Å². The predicted octanol–water partition coefficient (Wildman–Crippen LogP) is 5.36. The SMILES string of the molecule is O=C(COc1ccc2ccccc2c1Br)N/N=C\c1cc(Br)cc(Br)c1O. The zero-order chi connectivity index (χ0) is 19.4. The van der Waals surface area contributed by atoms with Crippen LogP contribution >= 0.6 is 47.8 Å². The van der Waals surface area contributed by atoms with Gasteiger partial charge < -0.3 is 9.84 Å². The summed E-state index contributed by atoms with van der Waals surface area (Å²) in [5.74, 6) is 0.189. The van der Waals surface area contributed by atoms with Crippen molar-refractivity contribution in [3.63, 3.8) is 0 Å². The zero-order valence-corrected chi connectivity index (χ0v) is 18.5. The van der Waals surface area contributed by atoms with Gasteiger partial charge >= 0.3 is 0 Å². The van der Waals surface area contributed by atoms with Crippen molar-refractivity contribution in [2.45, 2.75) is 0 Å². The topological polar surface area (TPSA) is 70.9 Å². The first kappa shape index (κ1) is 19.9. The van der Waals surface area contributed by atoms with Crippen molar-refractivity contribution in [3.8, 4) is 11.5 Å². The number of nitrogens with one attached hydrogen (secondary N) is 1. The van der Waals surface area contributed by atoms with Gasteiger partial charge in [0.25, 0.3) is 5.91 Å². The lowest BCUT2D eigenvalue weighted by Gasteiger charge is -2.09. The average Bonchev–Trinajstić information content (AvgIpc) is 2.65. The number of hydrogen-bond donors (Lipinski definition) is 2. The van der Waals surface area contributed by atoms with Crippen LogP contribution in [-0.2, 0) is 4.79 Å². The Morgan fingerprint density at radius 1 is 1.15 bits per heavy atom. The monoisotopic (exact) mass is 554 g/mol. The molecule has 0 saturated heterocycles. The van der Waals surface area contributed by atoms with Crippen molar-refractivity contribution >= 4 is 70.7 Å². The molecule has 1 amide bonds. The fraction of sp³-hybridized carbons (Fsp3) is 0.0526. The smallest absolute Gasteiger partial charge is 0.277 e. The lowest BCUT2D eigenvalue weighted by molar-refractivity contribution is -0.123. The summed E-state index contributed by atoms with van der Waals surface area (Å²) in [4.78, 5) is 12.0. The summed E-state index contributed by atoms with van der Waals surface area (Å²) in [5.41, 5.74) is 2.83. The second-order valence-electron chi connectivity index (χ2n) is 5.51. The van der Waals surface area contributed by atoms with E-state index in [1.165, 1.54) is 6.21 Å². The number of nitrogens with zero attached hydrogens (tertiary/aromatic N) is 1. The summed E-state index contributed by atoms with van der Waals surface area (Å²) in [7, 11) is 0. The molecule has 0 saturated carbocycles.